The van der Waals surface area contributed by atoms with Gasteiger partial charge in [-0.1, -0.05) is 0 Å². The molecule has 0 aromatic rings. The highest BCUT2D eigenvalue weighted by atomic mass is 32.2. The Balaban J connectivity index is 1.82. The highest BCUT2D eigenvalue weighted by Gasteiger charge is 2.40. The number of amides is 2. The Hall–Kier alpha value is -1.04. The van der Waals surface area contributed by atoms with E-state index in [1.807, 2.05) is 27.0 Å². The summed E-state index contributed by atoms with van der Waals surface area (Å²) in [6, 6.07) is 0. The second-order valence-corrected chi connectivity index (χ2v) is 8.86. The van der Waals surface area contributed by atoms with Crippen molar-refractivity contribution in [2.24, 2.45) is 17.8 Å². The van der Waals surface area contributed by atoms with Gasteiger partial charge >= 0.3 is 5.97 Å². The van der Waals surface area contributed by atoms with E-state index in [2.05, 4.69) is 0 Å². The number of rotatable bonds is 5. The van der Waals surface area contributed by atoms with Gasteiger partial charge in [0, 0.05) is 18.7 Å². The molecule has 0 aromatic heterocycles. The molecule has 1 saturated carbocycles. The van der Waals surface area contributed by atoms with Gasteiger partial charge in [-0.2, -0.15) is 11.8 Å². The summed E-state index contributed by atoms with van der Waals surface area (Å²) in [6.45, 7) is 6.16. The lowest BCUT2D eigenvalue weighted by atomic mass is 9.81. The van der Waals surface area contributed by atoms with Crippen LogP contribution in [0.25, 0.3) is 0 Å². The van der Waals surface area contributed by atoms with Gasteiger partial charge in [0.2, 0.25) is 11.8 Å². The maximum atomic E-state index is 12.3. The van der Waals surface area contributed by atoms with Crippen molar-refractivity contribution in [3.63, 3.8) is 0 Å². The monoisotopic (exact) mass is 355 g/mol. The van der Waals surface area contributed by atoms with Crippen LogP contribution in [-0.2, 0) is 19.1 Å². The topological polar surface area (TPSA) is 63.7 Å². The van der Waals surface area contributed by atoms with Crippen molar-refractivity contribution in [3.05, 3.63) is 0 Å². The van der Waals surface area contributed by atoms with E-state index in [4.69, 9.17) is 4.74 Å². The van der Waals surface area contributed by atoms with Crippen LogP contribution in [0.2, 0.25) is 0 Å². The van der Waals surface area contributed by atoms with Crippen LogP contribution in [-0.4, -0.2) is 46.8 Å². The molecule has 2 fully saturated rings. The first-order chi connectivity index (χ1) is 11.2. The number of nitrogens with zero attached hydrogens (tertiary/aromatic N) is 1. The number of hydrogen-bond acceptors (Lipinski definition) is 5. The second-order valence-electron chi connectivity index (χ2n) is 7.95. The summed E-state index contributed by atoms with van der Waals surface area (Å²) in [7, 11) is 0. The summed E-state index contributed by atoms with van der Waals surface area (Å²) in [5.74, 6) is 0.670. The lowest BCUT2D eigenvalue weighted by Gasteiger charge is -2.31. The number of likely N-dealkylation sites (tertiary alicyclic amines) is 1. The van der Waals surface area contributed by atoms with Gasteiger partial charge in [0.05, 0.1) is 11.8 Å². The zero-order chi connectivity index (χ0) is 17.9. The van der Waals surface area contributed by atoms with Gasteiger partial charge in [-0.05, 0) is 58.6 Å². The fraction of sp³-hybridized carbons (Fsp3) is 0.833. The first-order valence-corrected chi connectivity index (χ1v) is 10.2. The van der Waals surface area contributed by atoms with Gasteiger partial charge < -0.3 is 4.74 Å². The van der Waals surface area contributed by atoms with Crippen LogP contribution in [0.5, 0.6) is 0 Å². The van der Waals surface area contributed by atoms with E-state index < -0.39 is 5.60 Å². The van der Waals surface area contributed by atoms with Crippen LogP contribution >= 0.6 is 11.8 Å². The minimum Gasteiger partial charge on any atom is -0.460 e. The molecule has 0 aromatic carbocycles. The molecule has 1 heterocycles. The number of thioether (sulfide) groups is 1. The molecule has 2 aliphatic rings. The third-order valence-electron chi connectivity index (χ3n) is 4.73. The number of hydrogen-bond donors (Lipinski definition) is 0. The maximum Gasteiger partial charge on any atom is 0.309 e. The first kappa shape index (κ1) is 19.3. The largest absolute Gasteiger partial charge is 0.460 e. The summed E-state index contributed by atoms with van der Waals surface area (Å²) in [4.78, 5) is 38.0. The quantitative estimate of drug-likeness (QED) is 0.560. The van der Waals surface area contributed by atoms with E-state index in [9.17, 15) is 14.4 Å². The fourth-order valence-electron chi connectivity index (χ4n) is 3.50. The molecule has 5 nitrogen and oxygen atoms in total. The van der Waals surface area contributed by atoms with E-state index in [-0.39, 0.29) is 29.6 Å². The Morgan fingerprint density at radius 1 is 1.21 bits per heavy atom. The van der Waals surface area contributed by atoms with Crippen LogP contribution in [0.4, 0.5) is 0 Å². The van der Waals surface area contributed by atoms with E-state index >= 15 is 0 Å². The number of esters is 1. The zero-order valence-electron chi connectivity index (χ0n) is 15.2. The summed E-state index contributed by atoms with van der Waals surface area (Å²) >= 11 is 1.61. The Labute approximate surface area is 148 Å². The highest BCUT2D eigenvalue weighted by Crippen LogP contribution is 2.33. The molecule has 0 radical (unpaired) electrons. The molecule has 2 amide bonds. The van der Waals surface area contributed by atoms with E-state index in [1.165, 1.54) is 4.90 Å². The third-order valence-corrected chi connectivity index (χ3v) is 5.47. The summed E-state index contributed by atoms with van der Waals surface area (Å²) in [5.41, 5.74) is -0.450. The van der Waals surface area contributed by atoms with Crippen molar-refractivity contribution < 1.29 is 19.1 Å². The number of imide groups is 1. The molecule has 1 aliphatic carbocycles. The first-order valence-electron chi connectivity index (χ1n) is 8.77. The molecule has 2 rings (SSSR count). The summed E-state index contributed by atoms with van der Waals surface area (Å²) in [6.07, 6.45) is 5.61. The SMILES string of the molecule is CSCC1CC(=O)N(CC2CCC(C(=O)OC(C)(C)C)CC2)C1=O. The van der Waals surface area contributed by atoms with Crippen molar-refractivity contribution in [1.82, 2.24) is 4.90 Å². The molecule has 1 unspecified atom stereocenters. The minimum atomic E-state index is -0.450. The molecular weight excluding hydrogens is 326 g/mol. The van der Waals surface area contributed by atoms with Crippen LogP contribution in [0.1, 0.15) is 52.9 Å². The van der Waals surface area contributed by atoms with Gasteiger partial charge in [-0.15, -0.1) is 0 Å². The average Bonchev–Trinajstić information content (AvgIpc) is 2.74. The van der Waals surface area contributed by atoms with Gasteiger partial charge in [-0.25, -0.2) is 0 Å². The van der Waals surface area contributed by atoms with Crippen LogP contribution < -0.4 is 0 Å². The number of ether oxygens (including phenoxy) is 1. The van der Waals surface area contributed by atoms with Crippen LogP contribution in [0.3, 0.4) is 0 Å². The Morgan fingerprint density at radius 2 is 1.83 bits per heavy atom. The van der Waals surface area contributed by atoms with Gasteiger partial charge in [0.25, 0.3) is 0 Å². The smallest absolute Gasteiger partial charge is 0.309 e. The van der Waals surface area contributed by atoms with Crippen molar-refractivity contribution >= 4 is 29.5 Å². The number of carbonyl (C=O) groups is 3. The van der Waals surface area contributed by atoms with E-state index in [0.717, 1.165) is 25.7 Å². The molecule has 1 aliphatic heterocycles. The van der Waals surface area contributed by atoms with E-state index in [0.29, 0.717) is 24.6 Å². The van der Waals surface area contributed by atoms with Gasteiger partial charge in [0.15, 0.2) is 0 Å². The van der Waals surface area contributed by atoms with Crippen LogP contribution in [0.15, 0.2) is 0 Å². The Morgan fingerprint density at radius 3 is 2.38 bits per heavy atom. The molecule has 24 heavy (non-hydrogen) atoms. The van der Waals surface area contributed by atoms with Crippen LogP contribution in [0, 0.1) is 17.8 Å². The lowest BCUT2D eigenvalue weighted by Crippen LogP contribution is -2.38. The molecule has 1 saturated heterocycles. The molecular formula is C18H29NO4S. The van der Waals surface area contributed by atoms with Crippen molar-refractivity contribution in [1.29, 1.82) is 0 Å². The predicted molar refractivity (Wildman–Crippen MR) is 94.5 cm³/mol. The fourth-order valence-corrected chi connectivity index (χ4v) is 4.16. The third kappa shape index (κ3) is 4.98. The number of carbonyl (C=O) groups excluding carboxylic acids is 3. The minimum absolute atomic E-state index is 0.0105. The van der Waals surface area contributed by atoms with Crippen molar-refractivity contribution in [2.45, 2.75) is 58.5 Å². The van der Waals surface area contributed by atoms with Gasteiger partial charge in [0.1, 0.15) is 5.60 Å². The molecule has 6 heteroatoms. The lowest BCUT2D eigenvalue weighted by molar-refractivity contribution is -0.161. The molecule has 0 spiro atoms. The van der Waals surface area contributed by atoms with E-state index in [1.54, 1.807) is 11.8 Å². The standard InChI is InChI=1S/C18H29NO4S/c1-18(2,3)23-17(22)13-7-5-12(6-8-13)10-19-15(20)9-14(11-24-4)16(19)21/h12-14H,5-11H2,1-4H3. The van der Waals surface area contributed by atoms with Gasteiger partial charge in [-0.3, -0.25) is 19.3 Å². The molecule has 1 atom stereocenters. The van der Waals surface area contributed by atoms with Crippen molar-refractivity contribution in [2.75, 3.05) is 18.6 Å². The second kappa shape index (κ2) is 7.89. The Kier molecular flexibility index (Phi) is 6.34. The normalized spacial score (nSPS) is 28.3. The summed E-state index contributed by atoms with van der Waals surface area (Å²) < 4.78 is 5.46. The molecule has 0 bridgehead atoms. The maximum absolute atomic E-state index is 12.3. The average molecular weight is 356 g/mol. The Bertz CT molecular complexity index is 492. The highest BCUT2D eigenvalue weighted by molar-refractivity contribution is 7.98. The predicted octanol–water partition coefficient (Wildman–Crippen LogP) is 2.87. The molecule has 0 N–H and O–H groups in total. The summed E-state index contributed by atoms with van der Waals surface area (Å²) in [5, 5.41) is 0. The molecule has 136 valence electrons. The zero-order valence-corrected chi connectivity index (χ0v) is 16.0. The van der Waals surface area contributed by atoms with Crippen molar-refractivity contribution in [3.8, 4) is 0 Å².